The van der Waals surface area contributed by atoms with Crippen molar-refractivity contribution in [1.82, 2.24) is 0 Å². The number of hydrogen-bond acceptors (Lipinski definition) is 2. The van der Waals surface area contributed by atoms with Gasteiger partial charge in [-0.25, -0.2) is 0 Å². The largest absolute Gasteiger partial charge is 0.368 e. The molecule has 0 aromatic rings. The Kier molecular flexibility index (Phi) is 1.38. The lowest BCUT2D eigenvalue weighted by atomic mass is 9.63. The van der Waals surface area contributed by atoms with Gasteiger partial charge in [0.05, 0.1) is 6.61 Å². The number of allylic oxidation sites excluding steroid dienone is 2. The molecule has 0 spiro atoms. The maximum Gasteiger partial charge on any atom is 0.158 e. The lowest BCUT2D eigenvalue weighted by Crippen LogP contribution is -2.38. The molecule has 2 nitrogen and oxygen atoms in total. The molecule has 12 heavy (non-hydrogen) atoms. The second kappa shape index (κ2) is 2.33. The topological polar surface area (TPSA) is 29.5 Å². The van der Waals surface area contributed by atoms with Crippen LogP contribution in [-0.4, -0.2) is 18.0 Å². The van der Waals surface area contributed by atoms with Crippen LogP contribution in [0.4, 0.5) is 0 Å². The van der Waals surface area contributed by atoms with E-state index in [1.165, 1.54) is 12.8 Å². The van der Waals surface area contributed by atoms with Crippen LogP contribution in [0.1, 0.15) is 12.8 Å². The molecule has 66 valence electrons. The molecule has 2 fully saturated rings. The van der Waals surface area contributed by atoms with E-state index in [1.54, 1.807) is 0 Å². The molecular formula is C10H14O2. The Labute approximate surface area is 72.2 Å². The van der Waals surface area contributed by atoms with Crippen LogP contribution < -0.4 is 0 Å². The van der Waals surface area contributed by atoms with Gasteiger partial charge < -0.3 is 9.84 Å². The highest BCUT2D eigenvalue weighted by atomic mass is 16.6. The summed E-state index contributed by atoms with van der Waals surface area (Å²) in [5.41, 5.74) is 0. The summed E-state index contributed by atoms with van der Waals surface area (Å²) in [7, 11) is 0. The van der Waals surface area contributed by atoms with Crippen molar-refractivity contribution in [3.63, 3.8) is 0 Å². The van der Waals surface area contributed by atoms with Gasteiger partial charge in [0, 0.05) is 5.92 Å². The fourth-order valence-corrected chi connectivity index (χ4v) is 3.12. The van der Waals surface area contributed by atoms with Crippen LogP contribution in [0.3, 0.4) is 0 Å². The van der Waals surface area contributed by atoms with E-state index in [0.29, 0.717) is 23.7 Å². The maximum atomic E-state index is 9.59. The summed E-state index contributed by atoms with van der Waals surface area (Å²) >= 11 is 0. The summed E-state index contributed by atoms with van der Waals surface area (Å²) in [5, 5.41) is 9.59. The number of aliphatic hydroxyl groups excluding tert-OH is 1. The molecule has 5 unspecified atom stereocenters. The highest BCUT2D eigenvalue weighted by molar-refractivity contribution is 5.11. The molecule has 4 aliphatic rings. The van der Waals surface area contributed by atoms with Crippen molar-refractivity contribution in [2.24, 2.45) is 23.7 Å². The number of aliphatic hydroxyl groups is 1. The third kappa shape index (κ3) is 0.771. The van der Waals surface area contributed by atoms with Gasteiger partial charge in [0.25, 0.3) is 0 Å². The molecule has 4 rings (SSSR count). The van der Waals surface area contributed by atoms with E-state index < -0.39 is 6.29 Å². The standard InChI is InChI=1S/C10H14O2/c11-10-9-7-3-1-6(2-4-7)8(9)5-12-10/h1,3,6-11H,2,4-5H2. The van der Waals surface area contributed by atoms with Crippen molar-refractivity contribution in [2.45, 2.75) is 19.1 Å². The lowest BCUT2D eigenvalue weighted by molar-refractivity contribution is -0.0932. The Morgan fingerprint density at radius 2 is 1.92 bits per heavy atom. The summed E-state index contributed by atoms with van der Waals surface area (Å²) < 4.78 is 5.30. The minimum absolute atomic E-state index is 0.411. The number of ether oxygens (including phenoxy) is 1. The fourth-order valence-electron chi connectivity index (χ4n) is 3.12. The van der Waals surface area contributed by atoms with E-state index in [1.807, 2.05) is 0 Å². The van der Waals surface area contributed by atoms with Gasteiger partial charge in [0.1, 0.15) is 0 Å². The van der Waals surface area contributed by atoms with Gasteiger partial charge in [-0.05, 0) is 30.6 Å². The first-order chi connectivity index (χ1) is 5.86. The molecule has 1 saturated carbocycles. The molecule has 0 aromatic carbocycles. The van der Waals surface area contributed by atoms with Crippen LogP contribution in [0.25, 0.3) is 0 Å². The Hall–Kier alpha value is -0.340. The van der Waals surface area contributed by atoms with Crippen LogP contribution in [0.15, 0.2) is 12.2 Å². The van der Waals surface area contributed by atoms with E-state index in [0.717, 1.165) is 6.61 Å². The molecule has 1 heterocycles. The van der Waals surface area contributed by atoms with Crippen molar-refractivity contribution < 1.29 is 9.84 Å². The van der Waals surface area contributed by atoms with Crippen LogP contribution in [0, 0.1) is 23.7 Å². The predicted molar refractivity (Wildman–Crippen MR) is 44.3 cm³/mol. The zero-order valence-corrected chi connectivity index (χ0v) is 7.02. The third-order valence-electron chi connectivity index (χ3n) is 3.77. The van der Waals surface area contributed by atoms with Crippen molar-refractivity contribution >= 4 is 0 Å². The zero-order chi connectivity index (χ0) is 8.13. The molecule has 1 N–H and O–H groups in total. The monoisotopic (exact) mass is 166 g/mol. The molecule has 1 aliphatic heterocycles. The van der Waals surface area contributed by atoms with Gasteiger partial charge in [-0.1, -0.05) is 12.2 Å². The molecular weight excluding hydrogens is 152 g/mol. The quantitative estimate of drug-likeness (QED) is 0.547. The lowest BCUT2D eigenvalue weighted by Gasteiger charge is -2.40. The minimum atomic E-state index is -0.479. The average Bonchev–Trinajstić information content (AvgIpc) is 2.53. The van der Waals surface area contributed by atoms with E-state index in [-0.39, 0.29) is 0 Å². The molecule has 0 amide bonds. The summed E-state index contributed by atoms with van der Waals surface area (Å²) in [5.74, 6) is 2.31. The Bertz CT molecular complexity index is 224. The number of hydrogen-bond donors (Lipinski definition) is 1. The van der Waals surface area contributed by atoms with Crippen molar-refractivity contribution in [3.05, 3.63) is 12.2 Å². The second-order valence-corrected chi connectivity index (χ2v) is 4.26. The first-order valence-corrected chi connectivity index (χ1v) is 4.84. The molecule has 2 heteroatoms. The van der Waals surface area contributed by atoms with Gasteiger partial charge in [-0.15, -0.1) is 0 Å². The molecule has 0 radical (unpaired) electrons. The van der Waals surface area contributed by atoms with Gasteiger partial charge >= 0.3 is 0 Å². The van der Waals surface area contributed by atoms with E-state index in [2.05, 4.69) is 12.2 Å². The Morgan fingerprint density at radius 1 is 1.17 bits per heavy atom. The molecule has 2 bridgehead atoms. The normalized spacial score (nSPS) is 55.9. The van der Waals surface area contributed by atoms with E-state index in [4.69, 9.17) is 4.74 Å². The van der Waals surface area contributed by atoms with Gasteiger partial charge in [0.2, 0.25) is 0 Å². The van der Waals surface area contributed by atoms with Gasteiger partial charge in [-0.3, -0.25) is 0 Å². The number of fused-ring (bicyclic) bond motifs is 1. The molecule has 5 atom stereocenters. The molecule has 3 aliphatic carbocycles. The Morgan fingerprint density at radius 3 is 2.58 bits per heavy atom. The van der Waals surface area contributed by atoms with Crippen molar-refractivity contribution in [1.29, 1.82) is 0 Å². The maximum absolute atomic E-state index is 9.59. The van der Waals surface area contributed by atoms with Crippen LogP contribution in [-0.2, 0) is 4.74 Å². The smallest absolute Gasteiger partial charge is 0.158 e. The summed E-state index contributed by atoms with van der Waals surface area (Å²) in [4.78, 5) is 0. The zero-order valence-electron chi connectivity index (χ0n) is 7.02. The van der Waals surface area contributed by atoms with Gasteiger partial charge in [0.15, 0.2) is 6.29 Å². The van der Waals surface area contributed by atoms with E-state index >= 15 is 0 Å². The highest BCUT2D eigenvalue weighted by Crippen LogP contribution is 2.49. The summed E-state index contributed by atoms with van der Waals surface area (Å²) in [6.07, 6.45) is 6.69. The fraction of sp³-hybridized carbons (Fsp3) is 0.800. The number of rotatable bonds is 0. The molecule has 0 aromatic heterocycles. The minimum Gasteiger partial charge on any atom is -0.368 e. The second-order valence-electron chi connectivity index (χ2n) is 4.26. The van der Waals surface area contributed by atoms with Crippen molar-refractivity contribution in [2.75, 3.05) is 6.61 Å². The highest BCUT2D eigenvalue weighted by Gasteiger charge is 2.48. The molecule has 1 saturated heterocycles. The summed E-state index contributed by atoms with van der Waals surface area (Å²) in [6, 6.07) is 0. The SMILES string of the molecule is OC1OCC2C3C=CC(CC3)C12. The predicted octanol–water partition coefficient (Wildman–Crippen LogP) is 1.16. The summed E-state index contributed by atoms with van der Waals surface area (Å²) in [6.45, 7) is 0.775. The van der Waals surface area contributed by atoms with E-state index in [9.17, 15) is 5.11 Å². The van der Waals surface area contributed by atoms with Crippen LogP contribution >= 0.6 is 0 Å². The van der Waals surface area contributed by atoms with Crippen LogP contribution in [0.5, 0.6) is 0 Å². The van der Waals surface area contributed by atoms with Crippen LogP contribution in [0.2, 0.25) is 0 Å². The van der Waals surface area contributed by atoms with Gasteiger partial charge in [-0.2, -0.15) is 0 Å². The average molecular weight is 166 g/mol. The first-order valence-electron chi connectivity index (χ1n) is 4.84. The Balaban J connectivity index is 1.96. The third-order valence-corrected chi connectivity index (χ3v) is 3.77. The van der Waals surface area contributed by atoms with Crippen molar-refractivity contribution in [3.8, 4) is 0 Å². The first kappa shape index (κ1) is 7.10.